The number of fused-ring (bicyclic) bond motifs is 2. The average Bonchev–Trinajstić information content (AvgIpc) is 3.20. The summed E-state index contributed by atoms with van der Waals surface area (Å²) in [6.07, 6.45) is 5.02. The zero-order valence-corrected chi connectivity index (χ0v) is 18.2. The first-order chi connectivity index (χ1) is 12.9. The van der Waals surface area contributed by atoms with Gasteiger partial charge < -0.3 is 19.5 Å². The number of piperidine rings is 1. The van der Waals surface area contributed by atoms with E-state index in [-0.39, 0.29) is 0 Å². The second-order valence-electron chi connectivity index (χ2n) is 9.76. The number of hydrogen-bond acceptors (Lipinski definition) is 5. The molecule has 0 aromatic carbocycles. The number of anilines is 1. The number of hydrogen-bond donors (Lipinski definition) is 1. The van der Waals surface area contributed by atoms with Gasteiger partial charge in [0.2, 0.25) is 0 Å². The van der Waals surface area contributed by atoms with E-state index in [9.17, 15) is 0 Å². The molecule has 148 valence electrons. The molecule has 4 heterocycles. The molecule has 2 fully saturated rings. The van der Waals surface area contributed by atoms with Gasteiger partial charge in [-0.15, -0.1) is 0 Å². The van der Waals surface area contributed by atoms with Crippen molar-refractivity contribution in [1.82, 2.24) is 19.9 Å². The molecule has 2 atom stereocenters. The van der Waals surface area contributed by atoms with E-state index in [1.165, 1.54) is 12.5 Å². The van der Waals surface area contributed by atoms with Gasteiger partial charge in [0.25, 0.3) is 0 Å². The van der Waals surface area contributed by atoms with Crippen LogP contribution in [-0.4, -0.2) is 55.4 Å². The molecule has 2 aromatic rings. The average molecular weight is 388 g/mol. The number of nitrogens with one attached hydrogen (secondary N) is 1. The number of aromatic nitrogens is 3. The second-order valence-corrected chi connectivity index (χ2v) is 15.4. The minimum Gasteiger partial charge on any atom is -0.361 e. The van der Waals surface area contributed by atoms with Crippen molar-refractivity contribution in [3.05, 3.63) is 18.6 Å². The monoisotopic (exact) mass is 387 g/mol. The van der Waals surface area contributed by atoms with Crippen molar-refractivity contribution < 1.29 is 4.74 Å². The lowest BCUT2D eigenvalue weighted by Gasteiger charge is -2.42. The Morgan fingerprint density at radius 2 is 2.19 bits per heavy atom. The summed E-state index contributed by atoms with van der Waals surface area (Å²) in [4.78, 5) is 11.7. The SMILES string of the molecule is C[C@]12CNC[C@H]1CCN(c1ncnc3c1ccn3COCC[Si](C)(C)C)C2. The van der Waals surface area contributed by atoms with E-state index in [0.29, 0.717) is 12.1 Å². The first kappa shape index (κ1) is 18.9. The van der Waals surface area contributed by atoms with Crippen LogP contribution in [0.15, 0.2) is 18.6 Å². The predicted octanol–water partition coefficient (Wildman–Crippen LogP) is 3.18. The molecule has 6 nitrogen and oxygen atoms in total. The quantitative estimate of drug-likeness (QED) is 0.609. The summed E-state index contributed by atoms with van der Waals surface area (Å²) in [7, 11) is -1.05. The summed E-state index contributed by atoms with van der Waals surface area (Å²) in [6.45, 7) is 15.4. The van der Waals surface area contributed by atoms with Crippen LogP contribution in [0.1, 0.15) is 13.3 Å². The fourth-order valence-electron chi connectivity index (χ4n) is 4.45. The molecule has 0 unspecified atom stereocenters. The molecule has 0 aliphatic carbocycles. The number of ether oxygens (including phenoxy) is 1. The van der Waals surface area contributed by atoms with Crippen LogP contribution in [-0.2, 0) is 11.5 Å². The van der Waals surface area contributed by atoms with Crippen LogP contribution in [0.25, 0.3) is 11.0 Å². The standard InChI is InChI=1S/C20H33N5OSi/c1-20-12-21-11-16(20)5-7-24(13-20)18-17-6-8-25(19(17)23-14-22-18)15-26-9-10-27(2,3)4/h6,8,14,16,21H,5,7,9-13,15H2,1-4H3/t16-,20-/m1/s1. The maximum Gasteiger partial charge on any atom is 0.147 e. The Morgan fingerprint density at radius 1 is 1.33 bits per heavy atom. The summed E-state index contributed by atoms with van der Waals surface area (Å²) < 4.78 is 8.04. The van der Waals surface area contributed by atoms with Crippen molar-refractivity contribution >= 4 is 24.9 Å². The molecule has 2 aliphatic rings. The highest BCUT2D eigenvalue weighted by Gasteiger charge is 2.43. The van der Waals surface area contributed by atoms with Crippen molar-refractivity contribution in [2.75, 3.05) is 37.7 Å². The van der Waals surface area contributed by atoms with E-state index in [2.05, 4.69) is 63.6 Å². The highest BCUT2D eigenvalue weighted by molar-refractivity contribution is 6.76. The molecule has 2 aromatic heterocycles. The zero-order chi connectivity index (χ0) is 19.1. The lowest BCUT2D eigenvalue weighted by atomic mass is 9.75. The van der Waals surface area contributed by atoms with Crippen LogP contribution in [0.2, 0.25) is 25.7 Å². The second kappa shape index (κ2) is 7.18. The molecule has 27 heavy (non-hydrogen) atoms. The van der Waals surface area contributed by atoms with Crippen molar-refractivity contribution in [3.8, 4) is 0 Å². The van der Waals surface area contributed by atoms with Crippen molar-refractivity contribution in [2.24, 2.45) is 11.3 Å². The van der Waals surface area contributed by atoms with Gasteiger partial charge in [0.15, 0.2) is 0 Å². The predicted molar refractivity (Wildman–Crippen MR) is 113 cm³/mol. The van der Waals surface area contributed by atoms with Gasteiger partial charge in [0, 0.05) is 45.9 Å². The molecule has 0 saturated carbocycles. The smallest absolute Gasteiger partial charge is 0.147 e. The lowest BCUT2D eigenvalue weighted by Crippen LogP contribution is -2.47. The maximum atomic E-state index is 5.94. The molecule has 1 N–H and O–H groups in total. The molecular weight excluding hydrogens is 354 g/mol. The zero-order valence-electron chi connectivity index (χ0n) is 17.2. The summed E-state index contributed by atoms with van der Waals surface area (Å²) in [5.41, 5.74) is 1.32. The van der Waals surface area contributed by atoms with Crippen molar-refractivity contribution in [2.45, 2.75) is 45.8 Å². The van der Waals surface area contributed by atoms with Gasteiger partial charge in [-0.05, 0) is 31.0 Å². The molecule has 2 saturated heterocycles. The highest BCUT2D eigenvalue weighted by Crippen LogP contribution is 2.40. The summed E-state index contributed by atoms with van der Waals surface area (Å²) in [6, 6.07) is 3.34. The molecule has 7 heteroatoms. The third kappa shape index (κ3) is 3.91. The Morgan fingerprint density at radius 3 is 3.00 bits per heavy atom. The van der Waals surface area contributed by atoms with E-state index >= 15 is 0 Å². The van der Waals surface area contributed by atoms with Gasteiger partial charge >= 0.3 is 0 Å². The fourth-order valence-corrected chi connectivity index (χ4v) is 5.21. The van der Waals surface area contributed by atoms with Gasteiger partial charge in [-0.1, -0.05) is 26.6 Å². The van der Waals surface area contributed by atoms with Gasteiger partial charge in [-0.25, -0.2) is 9.97 Å². The summed E-state index contributed by atoms with van der Waals surface area (Å²) in [5.74, 6) is 1.86. The third-order valence-corrected chi connectivity index (χ3v) is 7.97. The number of rotatable bonds is 6. The van der Waals surface area contributed by atoms with Crippen LogP contribution < -0.4 is 10.2 Å². The topological polar surface area (TPSA) is 55.2 Å². The summed E-state index contributed by atoms with van der Waals surface area (Å²) in [5, 5.41) is 4.72. The molecule has 0 radical (unpaired) electrons. The van der Waals surface area contributed by atoms with Gasteiger partial charge in [0.1, 0.15) is 24.5 Å². The Bertz CT molecular complexity index is 801. The minimum atomic E-state index is -1.05. The molecular formula is C20H33N5OSi. The van der Waals surface area contributed by atoms with E-state index in [1.54, 1.807) is 6.33 Å². The normalized spacial score (nSPS) is 25.9. The highest BCUT2D eigenvalue weighted by atomic mass is 28.3. The Labute approximate surface area is 163 Å². The Kier molecular flexibility index (Phi) is 5.03. The van der Waals surface area contributed by atoms with Gasteiger partial charge in [0.05, 0.1) is 5.39 Å². The first-order valence-electron chi connectivity index (χ1n) is 10.2. The van der Waals surface area contributed by atoms with Crippen LogP contribution in [0.4, 0.5) is 5.82 Å². The fraction of sp³-hybridized carbons (Fsp3) is 0.700. The van der Waals surface area contributed by atoms with Crippen molar-refractivity contribution in [3.63, 3.8) is 0 Å². The summed E-state index contributed by atoms with van der Waals surface area (Å²) >= 11 is 0. The first-order valence-corrected chi connectivity index (χ1v) is 13.9. The van der Waals surface area contributed by atoms with E-state index in [0.717, 1.165) is 55.6 Å². The lowest BCUT2D eigenvalue weighted by molar-refractivity contribution is 0.0899. The van der Waals surface area contributed by atoms with E-state index in [1.807, 2.05) is 0 Å². The Hall–Kier alpha value is -1.44. The third-order valence-electron chi connectivity index (χ3n) is 6.27. The molecule has 0 bridgehead atoms. The van der Waals surface area contributed by atoms with Crippen molar-refractivity contribution in [1.29, 1.82) is 0 Å². The molecule has 4 rings (SSSR count). The molecule has 2 aliphatic heterocycles. The van der Waals surface area contributed by atoms with E-state index in [4.69, 9.17) is 4.74 Å². The number of nitrogens with zero attached hydrogens (tertiary/aromatic N) is 4. The van der Waals surface area contributed by atoms with Crippen LogP contribution >= 0.6 is 0 Å². The molecule has 0 amide bonds. The van der Waals surface area contributed by atoms with Crippen LogP contribution in [0, 0.1) is 11.3 Å². The van der Waals surface area contributed by atoms with E-state index < -0.39 is 8.07 Å². The van der Waals surface area contributed by atoms with Gasteiger partial charge in [-0.2, -0.15) is 0 Å². The minimum absolute atomic E-state index is 0.345. The van der Waals surface area contributed by atoms with Crippen LogP contribution in [0.3, 0.4) is 0 Å². The maximum absolute atomic E-state index is 5.94. The van der Waals surface area contributed by atoms with Crippen LogP contribution in [0.5, 0.6) is 0 Å². The largest absolute Gasteiger partial charge is 0.361 e. The van der Waals surface area contributed by atoms with Gasteiger partial charge in [-0.3, -0.25) is 0 Å². The Balaban J connectivity index is 1.49. The molecule has 0 spiro atoms.